The molecule has 0 amide bonds. The third-order valence-corrected chi connectivity index (χ3v) is 3.38. The van der Waals surface area contributed by atoms with E-state index in [1.165, 1.54) is 0 Å². The van der Waals surface area contributed by atoms with Crippen LogP contribution in [0, 0.1) is 11.8 Å². The fourth-order valence-electron chi connectivity index (χ4n) is 1.63. The monoisotopic (exact) mass is 262 g/mol. The third kappa shape index (κ3) is 2.77. The third-order valence-electron chi connectivity index (χ3n) is 2.50. The number of hydrogen-bond donors (Lipinski definition) is 0. The van der Waals surface area contributed by atoms with E-state index in [9.17, 15) is 4.79 Å². The van der Waals surface area contributed by atoms with E-state index in [4.69, 9.17) is 7.85 Å². The van der Waals surface area contributed by atoms with Gasteiger partial charge in [-0.2, -0.15) is 0 Å². The Morgan fingerprint density at radius 3 is 2.27 bits per heavy atom. The molecule has 0 heterocycles. The lowest BCUT2D eigenvalue weighted by molar-refractivity contribution is -0.113. The fourth-order valence-corrected chi connectivity index (χ4v) is 2.25. The topological polar surface area (TPSA) is 17.1 Å². The van der Waals surface area contributed by atoms with Crippen molar-refractivity contribution in [1.29, 1.82) is 0 Å². The molecule has 1 aliphatic rings. The van der Waals surface area contributed by atoms with E-state index < -0.39 is 0 Å². The van der Waals surface area contributed by atoms with Gasteiger partial charge in [0.25, 0.3) is 0 Å². The molecule has 0 spiro atoms. The van der Waals surface area contributed by atoms with Gasteiger partial charge in [0.1, 0.15) is 0 Å². The molecule has 60 valence electrons. The lowest BCUT2D eigenvalue weighted by Gasteiger charge is -2.25. The predicted octanol–water partition coefficient (Wildman–Crippen LogP) is 2.34. The minimum absolute atomic E-state index is 0.332. The van der Waals surface area contributed by atoms with Crippen molar-refractivity contribution >= 4 is 34.2 Å². The van der Waals surface area contributed by atoms with Crippen LogP contribution in [0.1, 0.15) is 25.7 Å². The molecule has 3 heteroatoms. The average Bonchev–Trinajstić information content (AvgIpc) is 2.05. The van der Waals surface area contributed by atoms with Crippen LogP contribution >= 0.6 is 22.6 Å². The molecule has 0 bridgehead atoms. The molecular formula is C8H12BIO. The van der Waals surface area contributed by atoms with Crippen LogP contribution in [0.2, 0.25) is 6.32 Å². The summed E-state index contributed by atoms with van der Waals surface area (Å²) in [6.45, 7) is 0. The minimum Gasteiger partial charge on any atom is -0.287 e. The van der Waals surface area contributed by atoms with Crippen molar-refractivity contribution < 1.29 is 4.79 Å². The maximum atomic E-state index is 10.9. The van der Waals surface area contributed by atoms with Crippen molar-refractivity contribution in [3.63, 3.8) is 0 Å². The van der Waals surface area contributed by atoms with Crippen molar-refractivity contribution in [2.75, 3.05) is 0 Å². The molecule has 11 heavy (non-hydrogen) atoms. The summed E-state index contributed by atoms with van der Waals surface area (Å²) in [5.41, 5.74) is 0. The maximum absolute atomic E-state index is 10.9. The molecule has 0 aliphatic heterocycles. The minimum atomic E-state index is 0.332. The molecule has 0 aromatic heterocycles. The number of hydrogen-bond acceptors (Lipinski definition) is 1. The molecule has 0 saturated heterocycles. The Hall–Kier alpha value is 0.465. The number of carbonyl (C=O) groups excluding carboxylic acids is 1. The Bertz CT molecular complexity index is 141. The van der Waals surface area contributed by atoms with Gasteiger partial charge in [-0.15, -0.1) is 0 Å². The summed E-state index contributed by atoms with van der Waals surface area (Å²) in [7, 11) is 5.54. The van der Waals surface area contributed by atoms with Crippen LogP contribution in [-0.4, -0.2) is 11.6 Å². The second kappa shape index (κ2) is 4.48. The van der Waals surface area contributed by atoms with Crippen LogP contribution in [0.4, 0.5) is 0 Å². The van der Waals surface area contributed by atoms with E-state index in [0.29, 0.717) is 15.6 Å². The van der Waals surface area contributed by atoms with Crippen LogP contribution in [0.5, 0.6) is 0 Å². The lowest BCUT2D eigenvalue weighted by atomic mass is 9.77. The van der Waals surface area contributed by atoms with Gasteiger partial charge in [0, 0.05) is 5.92 Å². The number of carbonyl (C=O) groups is 1. The predicted molar refractivity (Wildman–Crippen MR) is 55.0 cm³/mol. The van der Waals surface area contributed by atoms with E-state index in [0.717, 1.165) is 32.0 Å². The second-order valence-corrected chi connectivity index (χ2v) is 4.32. The normalized spacial score (nSPS) is 31.7. The Morgan fingerprint density at radius 2 is 1.91 bits per heavy atom. The lowest BCUT2D eigenvalue weighted by Crippen LogP contribution is -2.18. The van der Waals surface area contributed by atoms with E-state index in [1.807, 2.05) is 22.6 Å². The summed E-state index contributed by atoms with van der Waals surface area (Å²) in [4.78, 5) is 10.9. The highest BCUT2D eigenvalue weighted by molar-refractivity contribution is 14.1. The molecule has 1 aliphatic carbocycles. The molecular weight excluding hydrogens is 250 g/mol. The van der Waals surface area contributed by atoms with Gasteiger partial charge in [-0.25, -0.2) is 0 Å². The molecule has 0 aromatic carbocycles. The van der Waals surface area contributed by atoms with Crippen LogP contribution in [0.3, 0.4) is 0 Å². The van der Waals surface area contributed by atoms with E-state index in [1.54, 1.807) is 0 Å². The SMILES string of the molecule is [B]CC1CCC(C(=O)I)CC1. The highest BCUT2D eigenvalue weighted by Gasteiger charge is 2.23. The van der Waals surface area contributed by atoms with Crippen molar-refractivity contribution in [3.8, 4) is 0 Å². The molecule has 1 nitrogen and oxygen atoms in total. The summed E-state index contributed by atoms with van der Waals surface area (Å²) in [6.07, 6.45) is 5.21. The first-order valence-corrected chi connectivity index (χ1v) is 5.21. The first-order chi connectivity index (χ1) is 5.24. The number of rotatable bonds is 2. The fraction of sp³-hybridized carbons (Fsp3) is 0.875. The molecule has 2 radical (unpaired) electrons. The smallest absolute Gasteiger partial charge is 0.195 e. The van der Waals surface area contributed by atoms with Crippen LogP contribution in [-0.2, 0) is 4.79 Å². The van der Waals surface area contributed by atoms with Crippen molar-refractivity contribution in [2.45, 2.75) is 32.0 Å². The van der Waals surface area contributed by atoms with Gasteiger partial charge in [0.05, 0.1) is 7.85 Å². The molecule has 1 rings (SSSR count). The van der Waals surface area contributed by atoms with E-state index in [2.05, 4.69) is 0 Å². The molecule has 0 aromatic rings. The van der Waals surface area contributed by atoms with Gasteiger partial charge in [-0.05, 0) is 41.4 Å². The van der Waals surface area contributed by atoms with Crippen molar-refractivity contribution in [1.82, 2.24) is 0 Å². The Balaban J connectivity index is 2.30. The standard InChI is InChI=1S/C8H12BIO/c9-5-6-1-3-7(4-2-6)8(10)11/h6-7H,1-5H2. The largest absolute Gasteiger partial charge is 0.287 e. The van der Waals surface area contributed by atoms with Gasteiger partial charge in [0.2, 0.25) is 0 Å². The zero-order valence-electron chi connectivity index (χ0n) is 6.55. The van der Waals surface area contributed by atoms with E-state index in [-0.39, 0.29) is 0 Å². The molecule has 1 fully saturated rings. The molecule has 0 N–H and O–H groups in total. The van der Waals surface area contributed by atoms with E-state index >= 15 is 0 Å². The Labute approximate surface area is 82.9 Å². The van der Waals surface area contributed by atoms with Crippen molar-refractivity contribution in [3.05, 3.63) is 0 Å². The van der Waals surface area contributed by atoms with Gasteiger partial charge in [0.15, 0.2) is 3.79 Å². The van der Waals surface area contributed by atoms with Crippen LogP contribution in [0.15, 0.2) is 0 Å². The summed E-state index contributed by atoms with van der Waals surface area (Å²) in [5, 5.41) is 0. The summed E-state index contributed by atoms with van der Waals surface area (Å²) >= 11 is 1.91. The highest BCUT2D eigenvalue weighted by atomic mass is 127. The summed E-state index contributed by atoms with van der Waals surface area (Å²) < 4.78 is 0.332. The highest BCUT2D eigenvalue weighted by Crippen LogP contribution is 2.31. The Morgan fingerprint density at radius 1 is 1.36 bits per heavy atom. The average molecular weight is 262 g/mol. The van der Waals surface area contributed by atoms with Gasteiger partial charge in [-0.3, -0.25) is 4.79 Å². The Kier molecular flexibility index (Phi) is 3.89. The number of halogens is 1. The van der Waals surface area contributed by atoms with Crippen LogP contribution in [0.25, 0.3) is 0 Å². The van der Waals surface area contributed by atoms with Gasteiger partial charge in [-0.1, -0.05) is 19.2 Å². The quantitative estimate of drug-likeness (QED) is 0.424. The second-order valence-electron chi connectivity index (χ2n) is 3.26. The van der Waals surface area contributed by atoms with Gasteiger partial charge < -0.3 is 0 Å². The zero-order chi connectivity index (χ0) is 8.27. The molecule has 0 unspecified atom stereocenters. The zero-order valence-corrected chi connectivity index (χ0v) is 8.71. The van der Waals surface area contributed by atoms with Crippen molar-refractivity contribution in [2.24, 2.45) is 11.8 Å². The molecule has 1 saturated carbocycles. The first kappa shape index (κ1) is 9.55. The van der Waals surface area contributed by atoms with Gasteiger partial charge >= 0.3 is 0 Å². The maximum Gasteiger partial charge on any atom is 0.195 e. The molecule has 0 atom stereocenters. The first-order valence-electron chi connectivity index (χ1n) is 4.13. The summed E-state index contributed by atoms with van der Waals surface area (Å²) in [6, 6.07) is 0. The summed E-state index contributed by atoms with van der Waals surface area (Å²) in [5.74, 6) is 1.01. The van der Waals surface area contributed by atoms with Crippen LogP contribution < -0.4 is 0 Å².